The number of H-pyrrole nitrogens is 1. The van der Waals surface area contributed by atoms with E-state index >= 15 is 0 Å². The largest absolute Gasteiger partial charge is 0.329 e. The summed E-state index contributed by atoms with van der Waals surface area (Å²) in [6, 6.07) is 5.19. The zero-order valence-electron chi connectivity index (χ0n) is 13.7. The zero-order valence-corrected chi connectivity index (χ0v) is 14.4. The highest BCUT2D eigenvalue weighted by molar-refractivity contribution is 6.30. The van der Waals surface area contributed by atoms with Crippen LogP contribution < -0.4 is 16.6 Å². The molecule has 2 N–H and O–H groups in total. The van der Waals surface area contributed by atoms with Crippen LogP contribution in [0.1, 0.15) is 23.7 Å². The first-order valence-electron chi connectivity index (χ1n) is 7.80. The third-order valence-corrected chi connectivity index (χ3v) is 4.03. The fraction of sp³-hybridized carbons (Fsp3) is 0.176. The van der Waals surface area contributed by atoms with Gasteiger partial charge in [0.05, 0.1) is 16.0 Å². The minimum Gasteiger partial charge on any atom is -0.322 e. The molecule has 0 fully saturated rings. The topological polar surface area (TPSA) is 96.9 Å². The lowest BCUT2D eigenvalue weighted by atomic mass is 10.2. The number of benzene rings is 1. The molecule has 2 heterocycles. The van der Waals surface area contributed by atoms with Crippen LogP contribution in [0.5, 0.6) is 0 Å². The summed E-state index contributed by atoms with van der Waals surface area (Å²) in [6.45, 7) is 2.27. The monoisotopic (exact) mass is 376 g/mol. The lowest BCUT2D eigenvalue weighted by Gasteiger charge is -2.09. The lowest BCUT2D eigenvalue weighted by Crippen LogP contribution is -2.31. The third kappa shape index (κ3) is 3.36. The summed E-state index contributed by atoms with van der Waals surface area (Å²) >= 11 is 5.61. The van der Waals surface area contributed by atoms with E-state index in [0.717, 1.165) is 6.07 Å². The van der Waals surface area contributed by atoms with Crippen LogP contribution in [0.2, 0.25) is 5.02 Å². The number of rotatable bonds is 4. The normalized spacial score (nSPS) is 10.9. The highest BCUT2D eigenvalue weighted by Gasteiger charge is 2.13. The molecule has 7 nitrogen and oxygen atoms in total. The van der Waals surface area contributed by atoms with E-state index in [-0.39, 0.29) is 27.3 Å². The summed E-state index contributed by atoms with van der Waals surface area (Å²) in [5.41, 5.74) is -0.667. The van der Waals surface area contributed by atoms with Crippen LogP contribution in [-0.2, 0) is 6.54 Å². The summed E-state index contributed by atoms with van der Waals surface area (Å²) in [6.07, 6.45) is 1.93. The molecule has 0 aliphatic rings. The zero-order chi connectivity index (χ0) is 18.8. The molecule has 2 aromatic heterocycles. The molecular weight excluding hydrogens is 363 g/mol. The molecule has 0 spiro atoms. The molecule has 3 rings (SSSR count). The van der Waals surface area contributed by atoms with Crippen LogP contribution in [0.4, 0.5) is 10.1 Å². The van der Waals surface area contributed by atoms with Gasteiger partial charge in [0.25, 0.3) is 11.5 Å². The van der Waals surface area contributed by atoms with Gasteiger partial charge in [-0.3, -0.25) is 19.1 Å². The number of halogens is 2. The van der Waals surface area contributed by atoms with Crippen molar-refractivity contribution in [3.05, 3.63) is 67.7 Å². The number of hydrogen-bond acceptors (Lipinski definition) is 4. The summed E-state index contributed by atoms with van der Waals surface area (Å²) < 4.78 is 14.8. The molecule has 0 aliphatic carbocycles. The van der Waals surface area contributed by atoms with E-state index in [1.165, 1.54) is 29.0 Å². The Bertz CT molecular complexity index is 1120. The molecule has 9 heteroatoms. The molecule has 1 amide bonds. The first-order valence-corrected chi connectivity index (χ1v) is 8.17. The van der Waals surface area contributed by atoms with Crippen molar-refractivity contribution in [2.75, 3.05) is 5.32 Å². The Hall–Kier alpha value is -3.00. The van der Waals surface area contributed by atoms with Crippen LogP contribution in [0.15, 0.2) is 40.1 Å². The number of aromatic amines is 1. The van der Waals surface area contributed by atoms with E-state index in [4.69, 9.17) is 11.6 Å². The van der Waals surface area contributed by atoms with Crippen molar-refractivity contribution in [2.24, 2.45) is 0 Å². The number of nitrogens with one attached hydrogen (secondary N) is 2. The van der Waals surface area contributed by atoms with Crippen molar-refractivity contribution in [1.29, 1.82) is 0 Å². The highest BCUT2D eigenvalue weighted by Crippen LogP contribution is 2.19. The Morgan fingerprint density at radius 1 is 1.35 bits per heavy atom. The van der Waals surface area contributed by atoms with Crippen molar-refractivity contribution in [2.45, 2.75) is 19.9 Å². The van der Waals surface area contributed by atoms with Crippen molar-refractivity contribution in [1.82, 2.24) is 14.5 Å². The summed E-state index contributed by atoms with van der Waals surface area (Å²) in [5, 5.41) is 2.56. The predicted octanol–water partition coefficient (Wildman–Crippen LogP) is 2.54. The number of hydrogen-bond donors (Lipinski definition) is 2. The van der Waals surface area contributed by atoms with Gasteiger partial charge in [0, 0.05) is 18.4 Å². The van der Waals surface area contributed by atoms with Gasteiger partial charge in [-0.25, -0.2) is 14.2 Å². The van der Waals surface area contributed by atoms with E-state index in [9.17, 15) is 18.8 Å². The van der Waals surface area contributed by atoms with Gasteiger partial charge < -0.3 is 5.32 Å². The van der Waals surface area contributed by atoms with E-state index in [1.807, 2.05) is 6.92 Å². The Morgan fingerprint density at radius 2 is 2.12 bits per heavy atom. The SMILES string of the molecule is CCCn1c(=O)[nH]c(=O)c2cc(C(=O)Nc3ccc(Cl)c(F)c3)cnc21. The van der Waals surface area contributed by atoms with Crippen molar-refractivity contribution in [3.8, 4) is 0 Å². The number of aryl methyl sites for hydroxylation is 1. The number of fused-ring (bicyclic) bond motifs is 1. The van der Waals surface area contributed by atoms with Gasteiger partial charge in [0.2, 0.25) is 0 Å². The second kappa shape index (κ2) is 7.09. The van der Waals surface area contributed by atoms with E-state index < -0.39 is 23.0 Å². The van der Waals surface area contributed by atoms with Crippen LogP contribution in [-0.4, -0.2) is 20.4 Å². The number of carbonyl (C=O) groups excluding carboxylic acids is 1. The number of carbonyl (C=O) groups is 1. The van der Waals surface area contributed by atoms with Crippen molar-refractivity contribution >= 4 is 34.2 Å². The Balaban J connectivity index is 2.00. The van der Waals surface area contributed by atoms with Crippen LogP contribution >= 0.6 is 11.6 Å². The first kappa shape index (κ1) is 17.8. The quantitative estimate of drug-likeness (QED) is 0.731. The van der Waals surface area contributed by atoms with Gasteiger partial charge in [-0.15, -0.1) is 0 Å². The van der Waals surface area contributed by atoms with Gasteiger partial charge in [0.15, 0.2) is 0 Å². The first-order chi connectivity index (χ1) is 12.4. The highest BCUT2D eigenvalue weighted by atomic mass is 35.5. The molecule has 134 valence electrons. The van der Waals surface area contributed by atoms with Crippen LogP contribution in [0, 0.1) is 5.82 Å². The van der Waals surface area contributed by atoms with E-state index in [2.05, 4.69) is 15.3 Å². The second-order valence-electron chi connectivity index (χ2n) is 5.59. The minimum absolute atomic E-state index is 0.0594. The molecule has 0 saturated carbocycles. The molecule has 0 radical (unpaired) electrons. The fourth-order valence-corrected chi connectivity index (χ4v) is 2.62. The van der Waals surface area contributed by atoms with Crippen molar-refractivity contribution in [3.63, 3.8) is 0 Å². The van der Waals surface area contributed by atoms with Crippen LogP contribution in [0.25, 0.3) is 11.0 Å². The summed E-state index contributed by atoms with van der Waals surface area (Å²) in [5.74, 6) is -1.24. The molecule has 26 heavy (non-hydrogen) atoms. The molecule has 3 aromatic rings. The van der Waals surface area contributed by atoms with Gasteiger partial charge in [-0.05, 0) is 30.7 Å². The number of nitrogens with zero attached hydrogens (tertiary/aromatic N) is 2. The molecule has 0 bridgehead atoms. The van der Waals surface area contributed by atoms with Gasteiger partial charge in [0.1, 0.15) is 11.5 Å². The molecule has 0 aliphatic heterocycles. The minimum atomic E-state index is -0.666. The Kier molecular flexibility index (Phi) is 4.85. The molecule has 1 aromatic carbocycles. The number of pyridine rings is 1. The standard InChI is InChI=1S/C17H14ClFN4O3/c1-2-5-23-14-11(16(25)22-17(23)26)6-9(8-20-14)15(24)21-10-3-4-12(18)13(19)7-10/h3-4,6-8H,2,5H2,1H3,(H,21,24)(H,22,25,26). The molecule has 0 unspecified atom stereocenters. The average molecular weight is 377 g/mol. The number of aromatic nitrogens is 3. The van der Waals surface area contributed by atoms with E-state index in [0.29, 0.717) is 13.0 Å². The number of amides is 1. The Labute approximate surface area is 151 Å². The number of anilines is 1. The molecular formula is C17H14ClFN4O3. The van der Waals surface area contributed by atoms with Gasteiger partial charge in [-0.2, -0.15) is 0 Å². The summed E-state index contributed by atoms with van der Waals surface area (Å²) in [4.78, 5) is 42.6. The third-order valence-electron chi connectivity index (χ3n) is 3.72. The molecule has 0 atom stereocenters. The van der Waals surface area contributed by atoms with Crippen LogP contribution in [0.3, 0.4) is 0 Å². The second-order valence-corrected chi connectivity index (χ2v) is 6.00. The lowest BCUT2D eigenvalue weighted by molar-refractivity contribution is 0.102. The van der Waals surface area contributed by atoms with E-state index in [1.54, 1.807) is 0 Å². The maximum Gasteiger partial charge on any atom is 0.329 e. The van der Waals surface area contributed by atoms with Gasteiger partial charge in [-0.1, -0.05) is 18.5 Å². The maximum absolute atomic E-state index is 13.5. The predicted molar refractivity (Wildman–Crippen MR) is 96.3 cm³/mol. The Morgan fingerprint density at radius 3 is 2.81 bits per heavy atom. The maximum atomic E-state index is 13.5. The van der Waals surface area contributed by atoms with Gasteiger partial charge >= 0.3 is 5.69 Å². The molecule has 0 saturated heterocycles. The fourth-order valence-electron chi connectivity index (χ4n) is 2.50. The average Bonchev–Trinajstić information content (AvgIpc) is 2.61. The van der Waals surface area contributed by atoms with Crippen molar-refractivity contribution < 1.29 is 9.18 Å². The smallest absolute Gasteiger partial charge is 0.322 e. The summed E-state index contributed by atoms with van der Waals surface area (Å²) in [7, 11) is 0.